The molecular formula is C11H17FN2O2S. The number of nitrogens with two attached hydrogens (primary N) is 1. The van der Waals surface area contributed by atoms with Gasteiger partial charge in [-0.25, -0.2) is 17.5 Å². The first-order valence-corrected chi connectivity index (χ1v) is 6.82. The third-order valence-electron chi connectivity index (χ3n) is 2.33. The summed E-state index contributed by atoms with van der Waals surface area (Å²) < 4.78 is 39.2. The van der Waals surface area contributed by atoms with Crippen molar-refractivity contribution in [2.45, 2.75) is 31.2 Å². The largest absolute Gasteiger partial charge is 0.328 e. The summed E-state index contributed by atoms with van der Waals surface area (Å²) in [6, 6.07) is 3.61. The van der Waals surface area contributed by atoms with E-state index in [0.29, 0.717) is 12.0 Å². The van der Waals surface area contributed by atoms with Gasteiger partial charge in [0.15, 0.2) is 0 Å². The monoisotopic (exact) mass is 260 g/mol. The van der Waals surface area contributed by atoms with Gasteiger partial charge < -0.3 is 5.73 Å². The van der Waals surface area contributed by atoms with E-state index in [1.807, 2.05) is 0 Å². The van der Waals surface area contributed by atoms with Gasteiger partial charge in [0.2, 0.25) is 10.0 Å². The molecular weight excluding hydrogens is 243 g/mol. The molecule has 1 atom stereocenters. The lowest BCUT2D eigenvalue weighted by Crippen LogP contribution is -2.29. The Labute approximate surface area is 101 Å². The van der Waals surface area contributed by atoms with E-state index < -0.39 is 15.8 Å². The molecule has 96 valence electrons. The predicted molar refractivity (Wildman–Crippen MR) is 64.6 cm³/mol. The summed E-state index contributed by atoms with van der Waals surface area (Å²) in [4.78, 5) is -0.0258. The Bertz CT molecular complexity index is 486. The molecule has 1 unspecified atom stereocenters. The van der Waals surface area contributed by atoms with Gasteiger partial charge in [0.1, 0.15) is 5.82 Å². The molecule has 0 aliphatic heterocycles. The van der Waals surface area contributed by atoms with Crippen LogP contribution in [0.3, 0.4) is 0 Å². The van der Waals surface area contributed by atoms with Crippen LogP contribution in [0.1, 0.15) is 18.9 Å². The quantitative estimate of drug-likeness (QED) is 0.834. The molecule has 3 N–H and O–H groups in total. The van der Waals surface area contributed by atoms with Crippen LogP contribution in [-0.2, 0) is 10.0 Å². The Hall–Kier alpha value is -0.980. The van der Waals surface area contributed by atoms with Crippen molar-refractivity contribution in [1.82, 2.24) is 4.72 Å². The fourth-order valence-electron chi connectivity index (χ4n) is 1.36. The van der Waals surface area contributed by atoms with Crippen molar-refractivity contribution in [1.29, 1.82) is 0 Å². The van der Waals surface area contributed by atoms with Gasteiger partial charge in [-0.3, -0.25) is 0 Å². The first-order valence-electron chi connectivity index (χ1n) is 5.34. The van der Waals surface area contributed by atoms with E-state index in [9.17, 15) is 12.8 Å². The summed E-state index contributed by atoms with van der Waals surface area (Å²) in [5, 5.41) is 0. The second-order valence-electron chi connectivity index (χ2n) is 4.07. The molecule has 0 saturated carbocycles. The minimum absolute atomic E-state index is 0.0258. The number of benzene rings is 1. The number of halogens is 1. The van der Waals surface area contributed by atoms with E-state index in [4.69, 9.17) is 5.73 Å². The number of hydrogen-bond acceptors (Lipinski definition) is 3. The topological polar surface area (TPSA) is 72.2 Å². The molecule has 1 aromatic carbocycles. The van der Waals surface area contributed by atoms with Crippen LogP contribution in [0, 0.1) is 12.7 Å². The molecule has 0 aliphatic rings. The zero-order chi connectivity index (χ0) is 13.1. The number of rotatable bonds is 5. The lowest BCUT2D eigenvalue weighted by molar-refractivity contribution is 0.568. The van der Waals surface area contributed by atoms with Gasteiger partial charge in [0, 0.05) is 12.6 Å². The lowest BCUT2D eigenvalue weighted by atomic mass is 10.2. The Morgan fingerprint density at radius 1 is 1.47 bits per heavy atom. The van der Waals surface area contributed by atoms with Crippen molar-refractivity contribution in [3.8, 4) is 0 Å². The smallest absolute Gasteiger partial charge is 0.240 e. The fraction of sp³-hybridized carbons (Fsp3) is 0.455. The highest BCUT2D eigenvalue weighted by molar-refractivity contribution is 7.89. The van der Waals surface area contributed by atoms with Gasteiger partial charge in [0.05, 0.1) is 4.90 Å². The molecule has 0 aromatic heterocycles. The lowest BCUT2D eigenvalue weighted by Gasteiger charge is -2.10. The normalized spacial score (nSPS) is 13.6. The van der Waals surface area contributed by atoms with Crippen LogP contribution in [0.4, 0.5) is 4.39 Å². The second-order valence-corrected chi connectivity index (χ2v) is 5.81. The molecule has 0 heterocycles. The van der Waals surface area contributed by atoms with Crippen LogP contribution in [0.2, 0.25) is 0 Å². The Balaban J connectivity index is 2.86. The Kier molecular flexibility index (Phi) is 4.62. The third-order valence-corrected chi connectivity index (χ3v) is 3.93. The number of hydrogen-bond donors (Lipinski definition) is 2. The first kappa shape index (κ1) is 14.1. The molecule has 1 aromatic rings. The van der Waals surface area contributed by atoms with Crippen molar-refractivity contribution in [2.24, 2.45) is 5.73 Å². The summed E-state index contributed by atoms with van der Waals surface area (Å²) in [7, 11) is -3.65. The van der Waals surface area contributed by atoms with E-state index in [1.54, 1.807) is 13.8 Å². The molecule has 0 fully saturated rings. The summed E-state index contributed by atoms with van der Waals surface area (Å²) in [5.74, 6) is -0.567. The maximum Gasteiger partial charge on any atom is 0.240 e. The maximum atomic E-state index is 13.0. The van der Waals surface area contributed by atoms with E-state index in [0.717, 1.165) is 6.07 Å². The molecule has 1 rings (SSSR count). The molecule has 17 heavy (non-hydrogen) atoms. The standard InChI is InChI=1S/C11H17FN2O2S/c1-8-3-4-10(12)7-11(8)17(15,16)14-6-5-9(2)13/h3-4,7,9,14H,5-6,13H2,1-2H3. The highest BCUT2D eigenvalue weighted by Gasteiger charge is 2.17. The SMILES string of the molecule is Cc1ccc(F)cc1S(=O)(=O)NCCC(C)N. The fourth-order valence-corrected chi connectivity index (χ4v) is 2.66. The molecule has 0 saturated heterocycles. The van der Waals surface area contributed by atoms with E-state index in [2.05, 4.69) is 4.72 Å². The van der Waals surface area contributed by atoms with Crippen molar-refractivity contribution in [3.05, 3.63) is 29.6 Å². The molecule has 0 aliphatic carbocycles. The average molecular weight is 260 g/mol. The molecule has 6 heteroatoms. The van der Waals surface area contributed by atoms with Crippen LogP contribution in [0.25, 0.3) is 0 Å². The second kappa shape index (κ2) is 5.57. The van der Waals surface area contributed by atoms with Crippen molar-refractivity contribution in [3.63, 3.8) is 0 Å². The van der Waals surface area contributed by atoms with Gasteiger partial charge in [-0.15, -0.1) is 0 Å². The van der Waals surface area contributed by atoms with Crippen LogP contribution < -0.4 is 10.5 Å². The maximum absolute atomic E-state index is 13.0. The van der Waals surface area contributed by atoms with Crippen LogP contribution in [0.5, 0.6) is 0 Å². The van der Waals surface area contributed by atoms with Crippen LogP contribution >= 0.6 is 0 Å². The highest BCUT2D eigenvalue weighted by Crippen LogP contribution is 2.15. The molecule has 0 bridgehead atoms. The van der Waals surface area contributed by atoms with E-state index >= 15 is 0 Å². The van der Waals surface area contributed by atoms with Gasteiger partial charge in [-0.1, -0.05) is 6.07 Å². The minimum Gasteiger partial charge on any atom is -0.328 e. The van der Waals surface area contributed by atoms with E-state index in [-0.39, 0.29) is 17.5 Å². The summed E-state index contributed by atoms with van der Waals surface area (Å²) in [6.07, 6.45) is 0.535. The predicted octanol–water partition coefficient (Wildman–Crippen LogP) is 1.15. The summed E-state index contributed by atoms with van der Waals surface area (Å²) >= 11 is 0. The molecule has 0 radical (unpaired) electrons. The van der Waals surface area contributed by atoms with E-state index in [1.165, 1.54) is 12.1 Å². The minimum atomic E-state index is -3.65. The highest BCUT2D eigenvalue weighted by atomic mass is 32.2. The molecule has 0 spiro atoms. The number of aryl methyl sites for hydroxylation is 1. The average Bonchev–Trinajstić information content (AvgIpc) is 2.20. The van der Waals surface area contributed by atoms with Gasteiger partial charge in [0.25, 0.3) is 0 Å². The van der Waals surface area contributed by atoms with Crippen molar-refractivity contribution in [2.75, 3.05) is 6.54 Å². The third kappa shape index (κ3) is 4.07. The Morgan fingerprint density at radius 3 is 2.71 bits per heavy atom. The summed E-state index contributed by atoms with van der Waals surface area (Å²) in [6.45, 7) is 3.66. The van der Waals surface area contributed by atoms with Crippen molar-refractivity contribution >= 4 is 10.0 Å². The molecule has 0 amide bonds. The van der Waals surface area contributed by atoms with Crippen LogP contribution in [-0.4, -0.2) is 21.0 Å². The number of sulfonamides is 1. The zero-order valence-electron chi connectivity index (χ0n) is 9.90. The Morgan fingerprint density at radius 2 is 2.12 bits per heavy atom. The van der Waals surface area contributed by atoms with Gasteiger partial charge >= 0.3 is 0 Å². The first-order chi connectivity index (χ1) is 7.83. The van der Waals surface area contributed by atoms with Crippen molar-refractivity contribution < 1.29 is 12.8 Å². The van der Waals surface area contributed by atoms with Gasteiger partial charge in [-0.2, -0.15) is 0 Å². The van der Waals surface area contributed by atoms with Gasteiger partial charge in [-0.05, 0) is 38.0 Å². The summed E-state index contributed by atoms with van der Waals surface area (Å²) in [5.41, 5.74) is 6.03. The molecule has 4 nitrogen and oxygen atoms in total. The number of nitrogens with one attached hydrogen (secondary N) is 1. The zero-order valence-corrected chi connectivity index (χ0v) is 10.7. The van der Waals surface area contributed by atoms with Crippen LogP contribution in [0.15, 0.2) is 23.1 Å².